The molecule has 0 saturated carbocycles. The van der Waals surface area contributed by atoms with Crippen molar-refractivity contribution >= 4 is 22.5 Å². The first kappa shape index (κ1) is 19.0. The van der Waals surface area contributed by atoms with Crippen molar-refractivity contribution in [3.05, 3.63) is 54.0 Å². The Morgan fingerprint density at radius 3 is 2.59 bits per heavy atom. The lowest BCUT2D eigenvalue weighted by Gasteiger charge is -2.33. The van der Waals surface area contributed by atoms with Crippen molar-refractivity contribution in [2.45, 2.75) is 18.8 Å². The molecule has 3 heterocycles. The highest BCUT2D eigenvalue weighted by atomic mass is 16.5. The SMILES string of the molecule is COc1cc2cc(N)c([C@@H]3CCCN(C(=O)c4ccncc4)C3)nc2cc1OC. The predicted octanol–water partition coefficient (Wildman–Crippen LogP) is 3.25. The number of piperidine rings is 1. The normalized spacial score (nSPS) is 16.6. The third-order valence-electron chi connectivity index (χ3n) is 5.40. The number of nitrogens with zero attached hydrogens (tertiary/aromatic N) is 3. The Morgan fingerprint density at radius 1 is 1.14 bits per heavy atom. The first-order valence-corrected chi connectivity index (χ1v) is 9.62. The first-order valence-electron chi connectivity index (χ1n) is 9.62. The van der Waals surface area contributed by atoms with E-state index in [1.165, 1.54) is 0 Å². The van der Waals surface area contributed by atoms with E-state index < -0.39 is 0 Å². The Hall–Kier alpha value is -3.35. The highest BCUT2D eigenvalue weighted by Crippen LogP contribution is 2.36. The number of anilines is 1. The molecule has 0 radical (unpaired) electrons. The average molecular weight is 392 g/mol. The van der Waals surface area contributed by atoms with Crippen LogP contribution in [-0.4, -0.2) is 48.1 Å². The van der Waals surface area contributed by atoms with Gasteiger partial charge in [-0.3, -0.25) is 14.8 Å². The minimum absolute atomic E-state index is 0.0165. The summed E-state index contributed by atoms with van der Waals surface area (Å²) in [5.41, 5.74) is 9.27. The Balaban J connectivity index is 1.64. The molecule has 3 aromatic rings. The highest BCUT2D eigenvalue weighted by molar-refractivity contribution is 5.94. The lowest BCUT2D eigenvalue weighted by atomic mass is 9.92. The van der Waals surface area contributed by atoms with Crippen LogP contribution in [0.1, 0.15) is 34.8 Å². The van der Waals surface area contributed by atoms with Gasteiger partial charge in [0.2, 0.25) is 0 Å². The number of nitrogens with two attached hydrogens (primary N) is 1. The molecule has 2 N–H and O–H groups in total. The highest BCUT2D eigenvalue weighted by Gasteiger charge is 2.28. The van der Waals surface area contributed by atoms with Gasteiger partial charge < -0.3 is 20.1 Å². The quantitative estimate of drug-likeness (QED) is 0.733. The summed E-state index contributed by atoms with van der Waals surface area (Å²) < 4.78 is 10.8. The number of pyridine rings is 2. The van der Waals surface area contributed by atoms with Crippen LogP contribution < -0.4 is 15.2 Å². The van der Waals surface area contributed by atoms with Crippen LogP contribution in [0.25, 0.3) is 10.9 Å². The number of amides is 1. The molecule has 0 aliphatic carbocycles. The maximum Gasteiger partial charge on any atom is 0.253 e. The third kappa shape index (κ3) is 3.68. The van der Waals surface area contributed by atoms with Gasteiger partial charge in [-0.25, -0.2) is 0 Å². The third-order valence-corrected chi connectivity index (χ3v) is 5.40. The van der Waals surface area contributed by atoms with Crippen LogP contribution in [0.2, 0.25) is 0 Å². The van der Waals surface area contributed by atoms with Crippen LogP contribution in [0.5, 0.6) is 11.5 Å². The number of likely N-dealkylation sites (tertiary alicyclic amines) is 1. The summed E-state index contributed by atoms with van der Waals surface area (Å²) in [5.74, 6) is 1.37. The Kier molecular flexibility index (Phi) is 5.20. The van der Waals surface area contributed by atoms with Gasteiger partial charge in [-0.05, 0) is 37.1 Å². The number of ether oxygens (including phenoxy) is 2. The molecule has 1 aromatic carbocycles. The van der Waals surface area contributed by atoms with Crippen LogP contribution >= 0.6 is 0 Å². The van der Waals surface area contributed by atoms with E-state index in [0.717, 1.165) is 36.0 Å². The molecule has 29 heavy (non-hydrogen) atoms. The number of hydrogen-bond donors (Lipinski definition) is 1. The average Bonchev–Trinajstić information content (AvgIpc) is 2.77. The summed E-state index contributed by atoms with van der Waals surface area (Å²) in [6.45, 7) is 1.33. The molecule has 1 fully saturated rings. The number of hydrogen-bond acceptors (Lipinski definition) is 6. The molecule has 1 aliphatic heterocycles. The van der Waals surface area contributed by atoms with Crippen LogP contribution in [-0.2, 0) is 0 Å². The minimum atomic E-state index is 0.0165. The van der Waals surface area contributed by atoms with E-state index in [1.807, 2.05) is 23.1 Å². The van der Waals surface area contributed by atoms with Crippen molar-refractivity contribution in [2.75, 3.05) is 33.0 Å². The smallest absolute Gasteiger partial charge is 0.253 e. The molecule has 7 nitrogen and oxygen atoms in total. The standard InChI is InChI=1S/C22H24N4O3/c1-28-19-11-16-10-17(23)21(25-18(16)12-20(19)29-2)15-4-3-9-26(13-15)22(27)14-5-7-24-8-6-14/h5-8,10-12,15H,3-4,9,13,23H2,1-2H3/t15-/m1/s1. The van der Waals surface area contributed by atoms with Gasteiger partial charge in [0.1, 0.15) is 0 Å². The fourth-order valence-corrected chi connectivity index (χ4v) is 3.92. The Morgan fingerprint density at radius 2 is 1.86 bits per heavy atom. The molecule has 0 bridgehead atoms. The summed E-state index contributed by atoms with van der Waals surface area (Å²) in [4.78, 5) is 23.5. The number of fused-ring (bicyclic) bond motifs is 1. The zero-order chi connectivity index (χ0) is 20.4. The van der Waals surface area contributed by atoms with Crippen molar-refractivity contribution in [3.8, 4) is 11.5 Å². The molecule has 1 saturated heterocycles. The number of rotatable bonds is 4. The van der Waals surface area contributed by atoms with Gasteiger partial charge in [0, 0.05) is 48.4 Å². The summed E-state index contributed by atoms with van der Waals surface area (Å²) in [6, 6.07) is 9.15. The largest absolute Gasteiger partial charge is 0.493 e. The molecular formula is C22H24N4O3. The molecule has 150 valence electrons. The number of nitrogen functional groups attached to an aromatic ring is 1. The van der Waals surface area contributed by atoms with Crippen molar-refractivity contribution in [3.63, 3.8) is 0 Å². The number of methoxy groups -OCH3 is 2. The molecule has 1 atom stereocenters. The second-order valence-electron chi connectivity index (χ2n) is 7.19. The minimum Gasteiger partial charge on any atom is -0.493 e. The van der Waals surface area contributed by atoms with Crippen LogP contribution in [0, 0.1) is 0 Å². The molecule has 1 aliphatic rings. The zero-order valence-electron chi connectivity index (χ0n) is 16.6. The van der Waals surface area contributed by atoms with Crippen molar-refractivity contribution in [1.82, 2.24) is 14.9 Å². The Bertz CT molecular complexity index is 1040. The van der Waals surface area contributed by atoms with Gasteiger partial charge >= 0.3 is 0 Å². The van der Waals surface area contributed by atoms with Gasteiger partial charge in [0.05, 0.1) is 31.1 Å². The fourth-order valence-electron chi connectivity index (χ4n) is 3.92. The zero-order valence-corrected chi connectivity index (χ0v) is 16.6. The number of aromatic nitrogens is 2. The van der Waals surface area contributed by atoms with E-state index in [0.29, 0.717) is 29.3 Å². The van der Waals surface area contributed by atoms with Crippen molar-refractivity contribution in [2.24, 2.45) is 0 Å². The lowest BCUT2D eigenvalue weighted by molar-refractivity contribution is 0.0706. The van der Waals surface area contributed by atoms with E-state index in [1.54, 1.807) is 38.7 Å². The molecular weight excluding hydrogens is 368 g/mol. The fraction of sp³-hybridized carbons (Fsp3) is 0.318. The summed E-state index contributed by atoms with van der Waals surface area (Å²) in [5, 5.41) is 0.893. The van der Waals surface area contributed by atoms with E-state index in [2.05, 4.69) is 4.98 Å². The molecule has 4 rings (SSSR count). The molecule has 7 heteroatoms. The second kappa shape index (κ2) is 7.95. The second-order valence-corrected chi connectivity index (χ2v) is 7.19. The first-order chi connectivity index (χ1) is 14.1. The van der Waals surface area contributed by atoms with E-state index in [-0.39, 0.29) is 11.8 Å². The maximum atomic E-state index is 12.8. The summed E-state index contributed by atoms with van der Waals surface area (Å²) >= 11 is 0. The molecule has 0 unspecified atom stereocenters. The molecule has 1 amide bonds. The number of benzene rings is 1. The van der Waals surface area contributed by atoms with Gasteiger partial charge in [0.15, 0.2) is 11.5 Å². The van der Waals surface area contributed by atoms with Gasteiger partial charge in [-0.2, -0.15) is 0 Å². The monoisotopic (exact) mass is 392 g/mol. The van der Waals surface area contributed by atoms with Crippen LogP contribution in [0.4, 0.5) is 5.69 Å². The summed E-state index contributed by atoms with van der Waals surface area (Å²) in [6.07, 6.45) is 5.13. The lowest BCUT2D eigenvalue weighted by Crippen LogP contribution is -2.39. The number of carbonyl (C=O) groups is 1. The number of carbonyl (C=O) groups excluding carboxylic acids is 1. The van der Waals surface area contributed by atoms with Gasteiger partial charge in [-0.15, -0.1) is 0 Å². The van der Waals surface area contributed by atoms with Crippen LogP contribution in [0.15, 0.2) is 42.7 Å². The molecule has 0 spiro atoms. The van der Waals surface area contributed by atoms with E-state index >= 15 is 0 Å². The van der Waals surface area contributed by atoms with Crippen molar-refractivity contribution < 1.29 is 14.3 Å². The van der Waals surface area contributed by atoms with Gasteiger partial charge in [0.25, 0.3) is 5.91 Å². The molecule has 2 aromatic heterocycles. The maximum absolute atomic E-state index is 12.8. The van der Waals surface area contributed by atoms with Crippen LogP contribution in [0.3, 0.4) is 0 Å². The van der Waals surface area contributed by atoms with Crippen molar-refractivity contribution in [1.29, 1.82) is 0 Å². The summed E-state index contributed by atoms with van der Waals surface area (Å²) in [7, 11) is 3.21. The van der Waals surface area contributed by atoms with Gasteiger partial charge in [-0.1, -0.05) is 0 Å². The Labute approximate surface area is 169 Å². The predicted molar refractivity (Wildman–Crippen MR) is 111 cm³/mol. The topological polar surface area (TPSA) is 90.6 Å². The van der Waals surface area contributed by atoms with E-state index in [9.17, 15) is 4.79 Å². The van der Waals surface area contributed by atoms with E-state index in [4.69, 9.17) is 20.2 Å².